The first-order chi connectivity index (χ1) is 17.6. The second-order valence-electron chi connectivity index (χ2n) is 10.5. The van der Waals surface area contributed by atoms with Gasteiger partial charge in [-0.3, -0.25) is 9.78 Å². The van der Waals surface area contributed by atoms with Crippen LogP contribution in [-0.4, -0.2) is 67.8 Å². The van der Waals surface area contributed by atoms with Crippen molar-refractivity contribution in [1.82, 2.24) is 34.9 Å². The Kier molecular flexibility index (Phi) is 5.21. The molecule has 2 N–H and O–H groups in total. The molecule has 10 heteroatoms. The number of fused-ring (bicyclic) bond motifs is 2. The minimum absolute atomic E-state index is 0.0869. The van der Waals surface area contributed by atoms with Crippen molar-refractivity contribution >= 4 is 49.7 Å². The standard InChI is InChI=1S/C26H27BrN8O/c27-22-20-12-30-25(32-23(20)35(33-22)19-5-6-21-16(11-19)2-1-8-29-21)31-18-4-3-17(10-18)24(36)34-14-26(15-34)7-9-28-13-26/h1-2,5-6,8,11-12,17-18,28H,3-4,7,9-10,13-15H2,(H,30,31,32)/t17-,18-/m1/s1. The molecule has 1 aliphatic carbocycles. The summed E-state index contributed by atoms with van der Waals surface area (Å²) in [6, 6.07) is 10.2. The lowest BCUT2D eigenvalue weighted by molar-refractivity contribution is -0.146. The second kappa shape index (κ2) is 8.48. The molecule has 2 saturated heterocycles. The van der Waals surface area contributed by atoms with Gasteiger partial charge in [-0.1, -0.05) is 6.07 Å². The number of amides is 1. The molecule has 1 aromatic carbocycles. The molecule has 0 unspecified atom stereocenters. The van der Waals surface area contributed by atoms with Crippen molar-refractivity contribution in [1.29, 1.82) is 0 Å². The van der Waals surface area contributed by atoms with E-state index in [-0.39, 0.29) is 12.0 Å². The van der Waals surface area contributed by atoms with Gasteiger partial charge in [0.1, 0.15) is 4.60 Å². The Bertz CT molecular complexity index is 1470. The summed E-state index contributed by atoms with van der Waals surface area (Å²) >= 11 is 3.56. The first-order valence-corrected chi connectivity index (χ1v) is 13.4. The number of carbonyl (C=O) groups excluding carboxylic acids is 1. The molecule has 5 heterocycles. The maximum absolute atomic E-state index is 13.1. The molecule has 184 valence electrons. The molecule has 7 rings (SSSR count). The van der Waals surface area contributed by atoms with Crippen LogP contribution < -0.4 is 10.6 Å². The molecule has 1 saturated carbocycles. The predicted octanol–water partition coefficient (Wildman–Crippen LogP) is 3.53. The van der Waals surface area contributed by atoms with Crippen LogP contribution in [0.15, 0.2) is 47.3 Å². The van der Waals surface area contributed by atoms with Gasteiger partial charge in [0.05, 0.1) is 16.6 Å². The average Bonchev–Trinajstić information content (AvgIpc) is 3.62. The van der Waals surface area contributed by atoms with E-state index in [9.17, 15) is 4.79 Å². The number of aromatic nitrogens is 5. The molecular weight excluding hydrogens is 520 g/mol. The van der Waals surface area contributed by atoms with E-state index in [1.807, 2.05) is 28.9 Å². The maximum atomic E-state index is 13.1. The molecule has 36 heavy (non-hydrogen) atoms. The van der Waals surface area contributed by atoms with Gasteiger partial charge >= 0.3 is 0 Å². The Balaban J connectivity index is 1.08. The van der Waals surface area contributed by atoms with Crippen LogP contribution in [0.3, 0.4) is 0 Å². The molecule has 4 aromatic rings. The number of benzene rings is 1. The highest BCUT2D eigenvalue weighted by molar-refractivity contribution is 9.10. The van der Waals surface area contributed by atoms with Crippen molar-refractivity contribution in [3.63, 3.8) is 0 Å². The average molecular weight is 547 g/mol. The minimum Gasteiger partial charge on any atom is -0.351 e. The third-order valence-electron chi connectivity index (χ3n) is 8.02. The highest BCUT2D eigenvalue weighted by Gasteiger charge is 2.48. The molecular formula is C26H27BrN8O. The van der Waals surface area contributed by atoms with Crippen molar-refractivity contribution in [3.8, 4) is 5.69 Å². The van der Waals surface area contributed by atoms with Crippen LogP contribution in [0.4, 0.5) is 5.95 Å². The first-order valence-electron chi connectivity index (χ1n) is 12.6. The Morgan fingerprint density at radius 3 is 2.97 bits per heavy atom. The van der Waals surface area contributed by atoms with Gasteiger partial charge in [0, 0.05) is 54.8 Å². The van der Waals surface area contributed by atoms with E-state index in [2.05, 4.69) is 52.6 Å². The molecule has 3 aliphatic rings. The lowest BCUT2D eigenvalue weighted by atomic mass is 9.78. The maximum Gasteiger partial charge on any atom is 0.225 e. The highest BCUT2D eigenvalue weighted by Crippen LogP contribution is 2.39. The quantitative estimate of drug-likeness (QED) is 0.403. The van der Waals surface area contributed by atoms with E-state index in [0.717, 1.165) is 73.1 Å². The summed E-state index contributed by atoms with van der Waals surface area (Å²) in [7, 11) is 0. The van der Waals surface area contributed by atoms with E-state index in [1.54, 1.807) is 12.4 Å². The third kappa shape index (κ3) is 3.74. The van der Waals surface area contributed by atoms with Crippen molar-refractivity contribution in [2.24, 2.45) is 11.3 Å². The van der Waals surface area contributed by atoms with Gasteiger partial charge in [-0.15, -0.1) is 0 Å². The van der Waals surface area contributed by atoms with Gasteiger partial charge in [-0.2, -0.15) is 10.1 Å². The number of pyridine rings is 1. The van der Waals surface area contributed by atoms with E-state index in [4.69, 9.17) is 4.98 Å². The van der Waals surface area contributed by atoms with Gasteiger partial charge in [0.2, 0.25) is 11.9 Å². The number of nitrogens with one attached hydrogen (secondary N) is 2. The highest BCUT2D eigenvalue weighted by atomic mass is 79.9. The fourth-order valence-corrected chi connectivity index (χ4v) is 6.51. The molecule has 0 radical (unpaired) electrons. The summed E-state index contributed by atoms with van der Waals surface area (Å²) in [5.74, 6) is 0.974. The molecule has 9 nitrogen and oxygen atoms in total. The predicted molar refractivity (Wildman–Crippen MR) is 141 cm³/mol. The zero-order valence-electron chi connectivity index (χ0n) is 19.8. The topological polar surface area (TPSA) is 101 Å². The van der Waals surface area contributed by atoms with E-state index in [1.165, 1.54) is 6.42 Å². The van der Waals surface area contributed by atoms with Crippen LogP contribution in [-0.2, 0) is 4.79 Å². The number of anilines is 1. The number of likely N-dealkylation sites (tertiary alicyclic amines) is 1. The number of hydrogen-bond donors (Lipinski definition) is 2. The van der Waals surface area contributed by atoms with Crippen LogP contribution in [0.25, 0.3) is 27.6 Å². The molecule has 1 spiro atoms. The molecule has 2 atom stereocenters. The first kappa shape index (κ1) is 22.1. The van der Waals surface area contributed by atoms with Crippen molar-refractivity contribution in [2.75, 3.05) is 31.5 Å². The van der Waals surface area contributed by atoms with Crippen molar-refractivity contribution in [3.05, 3.63) is 47.3 Å². The second-order valence-corrected chi connectivity index (χ2v) is 11.2. The van der Waals surface area contributed by atoms with E-state index in [0.29, 0.717) is 21.9 Å². The Hall–Kier alpha value is -3.11. The van der Waals surface area contributed by atoms with Gasteiger partial charge in [0.15, 0.2) is 5.65 Å². The van der Waals surface area contributed by atoms with Crippen LogP contribution in [0.2, 0.25) is 0 Å². The molecule has 1 amide bonds. The van der Waals surface area contributed by atoms with Gasteiger partial charge in [-0.05, 0) is 72.4 Å². The molecule has 0 bridgehead atoms. The van der Waals surface area contributed by atoms with Crippen LogP contribution >= 0.6 is 15.9 Å². The molecule has 2 aliphatic heterocycles. The fourth-order valence-electron chi connectivity index (χ4n) is 6.08. The number of carbonyl (C=O) groups is 1. The normalized spacial score (nSPS) is 23.0. The fraction of sp³-hybridized carbons (Fsp3) is 0.423. The summed E-state index contributed by atoms with van der Waals surface area (Å²) in [6.07, 6.45) is 7.46. The molecule has 3 fully saturated rings. The SMILES string of the molecule is O=C([C@@H]1CC[C@@H](Nc2ncc3c(Br)nn(-c4ccc5ncccc5c4)c3n2)C1)N1CC2(CCNC2)C1. The van der Waals surface area contributed by atoms with Gasteiger partial charge in [0.25, 0.3) is 0 Å². The zero-order chi connectivity index (χ0) is 24.3. The monoisotopic (exact) mass is 546 g/mol. The summed E-state index contributed by atoms with van der Waals surface area (Å²) in [5.41, 5.74) is 2.91. The Morgan fingerprint density at radius 1 is 1.19 bits per heavy atom. The van der Waals surface area contributed by atoms with Crippen molar-refractivity contribution < 1.29 is 4.79 Å². The van der Waals surface area contributed by atoms with Crippen LogP contribution in [0.1, 0.15) is 25.7 Å². The molecule has 3 aromatic heterocycles. The zero-order valence-corrected chi connectivity index (χ0v) is 21.4. The van der Waals surface area contributed by atoms with E-state index >= 15 is 0 Å². The Labute approximate surface area is 216 Å². The minimum atomic E-state index is 0.0869. The van der Waals surface area contributed by atoms with Gasteiger partial charge < -0.3 is 15.5 Å². The summed E-state index contributed by atoms with van der Waals surface area (Å²) in [6.45, 7) is 3.96. The Morgan fingerprint density at radius 2 is 2.11 bits per heavy atom. The summed E-state index contributed by atoms with van der Waals surface area (Å²) < 4.78 is 2.53. The largest absolute Gasteiger partial charge is 0.351 e. The number of rotatable bonds is 4. The number of nitrogens with zero attached hydrogens (tertiary/aromatic N) is 6. The van der Waals surface area contributed by atoms with Gasteiger partial charge in [-0.25, -0.2) is 9.67 Å². The van der Waals surface area contributed by atoms with Crippen molar-refractivity contribution in [2.45, 2.75) is 31.7 Å². The van der Waals surface area contributed by atoms with Crippen LogP contribution in [0, 0.1) is 11.3 Å². The smallest absolute Gasteiger partial charge is 0.225 e. The number of halogens is 1. The lowest BCUT2D eigenvalue weighted by Crippen LogP contribution is -2.60. The van der Waals surface area contributed by atoms with E-state index < -0.39 is 0 Å². The number of hydrogen-bond acceptors (Lipinski definition) is 7. The van der Waals surface area contributed by atoms with Crippen LogP contribution in [0.5, 0.6) is 0 Å². The summed E-state index contributed by atoms with van der Waals surface area (Å²) in [5, 5.41) is 13.5. The summed E-state index contributed by atoms with van der Waals surface area (Å²) in [4.78, 5) is 28.9. The third-order valence-corrected chi connectivity index (χ3v) is 8.61. The lowest BCUT2D eigenvalue weighted by Gasteiger charge is -2.48.